The molecule has 0 radical (unpaired) electrons. The van der Waals surface area contributed by atoms with Gasteiger partial charge in [-0.15, -0.1) is 0 Å². The Bertz CT molecular complexity index is 507. The average Bonchev–Trinajstić information content (AvgIpc) is 2.26. The third-order valence-electron chi connectivity index (χ3n) is 2.32. The highest BCUT2D eigenvalue weighted by molar-refractivity contribution is 9.10. The molecule has 5 nitrogen and oxygen atoms in total. The average molecular weight is 315 g/mol. The molecule has 1 aromatic carbocycles. The van der Waals surface area contributed by atoms with Gasteiger partial charge in [-0.05, 0) is 24.6 Å². The smallest absolute Gasteiger partial charge is 0.335 e. The molecule has 0 spiro atoms. The van der Waals surface area contributed by atoms with Crippen LogP contribution in [0.25, 0.3) is 0 Å². The minimum Gasteiger partial charge on any atom is -0.481 e. The molecular weight excluding hydrogens is 304 g/mol. The van der Waals surface area contributed by atoms with Crippen LogP contribution in [0.1, 0.15) is 33.2 Å². The number of Topliss-reactive ketones (excluding diaryl/α,β-unsaturated/α-hetero) is 1. The van der Waals surface area contributed by atoms with E-state index in [4.69, 9.17) is 10.2 Å². The molecule has 0 amide bonds. The van der Waals surface area contributed by atoms with E-state index in [0.717, 1.165) is 0 Å². The van der Waals surface area contributed by atoms with Crippen molar-refractivity contribution in [1.29, 1.82) is 0 Å². The van der Waals surface area contributed by atoms with Crippen molar-refractivity contribution in [2.75, 3.05) is 0 Å². The van der Waals surface area contributed by atoms with Crippen LogP contribution in [0, 0.1) is 0 Å². The fourth-order valence-electron chi connectivity index (χ4n) is 1.49. The van der Waals surface area contributed by atoms with Crippen LogP contribution >= 0.6 is 15.9 Å². The van der Waals surface area contributed by atoms with E-state index in [1.165, 1.54) is 18.2 Å². The van der Waals surface area contributed by atoms with E-state index >= 15 is 0 Å². The maximum absolute atomic E-state index is 11.8. The lowest BCUT2D eigenvalue weighted by Crippen LogP contribution is -2.15. The molecule has 0 fully saturated rings. The number of ketones is 1. The minimum atomic E-state index is -1.16. The van der Waals surface area contributed by atoms with Gasteiger partial charge in [0.15, 0.2) is 5.78 Å². The van der Waals surface area contributed by atoms with Crippen LogP contribution in [0.4, 0.5) is 0 Å². The van der Waals surface area contributed by atoms with Crippen LogP contribution in [-0.2, 0) is 11.2 Å². The molecule has 0 aliphatic heterocycles. The number of benzene rings is 1. The Labute approximate surface area is 112 Å². The van der Waals surface area contributed by atoms with Gasteiger partial charge in [0.05, 0.1) is 16.8 Å². The van der Waals surface area contributed by atoms with Crippen LogP contribution in [0.15, 0.2) is 18.2 Å². The topological polar surface area (TPSA) is 91.7 Å². The van der Waals surface area contributed by atoms with Gasteiger partial charge in [0.2, 0.25) is 0 Å². The summed E-state index contributed by atoms with van der Waals surface area (Å²) in [5.41, 5.74) is 0.399. The molecular formula is C12H11BrO5. The van der Waals surface area contributed by atoms with Crippen LogP contribution in [0.2, 0.25) is 0 Å². The summed E-state index contributed by atoms with van der Waals surface area (Å²) in [6.45, 7) is 1.62. The number of alkyl halides is 1. The van der Waals surface area contributed by atoms with Crippen LogP contribution in [-0.4, -0.2) is 32.8 Å². The summed E-state index contributed by atoms with van der Waals surface area (Å²) in [4.78, 5) is 32.9. The standard InChI is InChI=1S/C12H11BrO5/c1-6(13)11(16)9-3-2-7(12(17)18)4-8(9)5-10(14)15/h2-4,6H,5H2,1H3,(H,14,15)(H,17,18). The fraction of sp³-hybridized carbons (Fsp3) is 0.250. The molecule has 18 heavy (non-hydrogen) atoms. The number of carbonyl (C=O) groups excluding carboxylic acids is 1. The van der Waals surface area contributed by atoms with Crippen molar-refractivity contribution in [3.8, 4) is 0 Å². The number of carboxylic acids is 2. The Hall–Kier alpha value is -1.69. The lowest BCUT2D eigenvalue weighted by molar-refractivity contribution is -0.136. The van der Waals surface area contributed by atoms with Crippen molar-refractivity contribution >= 4 is 33.7 Å². The van der Waals surface area contributed by atoms with Crippen molar-refractivity contribution in [3.63, 3.8) is 0 Å². The molecule has 6 heteroatoms. The van der Waals surface area contributed by atoms with E-state index in [1.54, 1.807) is 6.92 Å². The summed E-state index contributed by atoms with van der Waals surface area (Å²) in [6.07, 6.45) is -0.387. The fourth-order valence-corrected chi connectivity index (χ4v) is 1.74. The highest BCUT2D eigenvalue weighted by atomic mass is 79.9. The normalized spacial score (nSPS) is 11.9. The zero-order valence-corrected chi connectivity index (χ0v) is 11.1. The molecule has 1 rings (SSSR count). The summed E-state index contributed by atoms with van der Waals surface area (Å²) in [5.74, 6) is -2.55. The molecule has 1 aromatic rings. The van der Waals surface area contributed by atoms with Crippen molar-refractivity contribution in [2.24, 2.45) is 0 Å². The Balaban J connectivity index is 3.28. The van der Waals surface area contributed by atoms with Crippen molar-refractivity contribution in [2.45, 2.75) is 18.2 Å². The highest BCUT2D eigenvalue weighted by Crippen LogP contribution is 2.18. The molecule has 0 aliphatic rings. The minimum absolute atomic E-state index is 0.0370. The van der Waals surface area contributed by atoms with E-state index in [0.29, 0.717) is 0 Å². The lowest BCUT2D eigenvalue weighted by Gasteiger charge is -2.09. The number of hydrogen-bond donors (Lipinski definition) is 2. The first kappa shape index (κ1) is 14.4. The van der Waals surface area contributed by atoms with Gasteiger partial charge in [0.25, 0.3) is 0 Å². The third-order valence-corrected chi connectivity index (χ3v) is 2.74. The second-order valence-corrected chi connectivity index (χ2v) is 5.10. The number of hydrogen-bond acceptors (Lipinski definition) is 3. The molecule has 2 N–H and O–H groups in total. The number of halogens is 1. The molecule has 96 valence electrons. The van der Waals surface area contributed by atoms with Crippen LogP contribution < -0.4 is 0 Å². The molecule has 0 bridgehead atoms. The highest BCUT2D eigenvalue weighted by Gasteiger charge is 2.19. The first-order valence-corrected chi connectivity index (χ1v) is 6.00. The second kappa shape index (κ2) is 5.77. The molecule has 0 saturated carbocycles. The summed E-state index contributed by atoms with van der Waals surface area (Å²) in [6, 6.07) is 3.86. The van der Waals surface area contributed by atoms with Crippen molar-refractivity contribution in [3.05, 3.63) is 34.9 Å². The first-order valence-electron chi connectivity index (χ1n) is 5.09. The molecule has 0 heterocycles. The molecule has 1 unspecified atom stereocenters. The van der Waals surface area contributed by atoms with Gasteiger partial charge >= 0.3 is 11.9 Å². The Morgan fingerprint density at radius 3 is 2.33 bits per heavy atom. The summed E-state index contributed by atoms with van der Waals surface area (Å²) >= 11 is 3.11. The van der Waals surface area contributed by atoms with Gasteiger partial charge in [-0.2, -0.15) is 0 Å². The van der Waals surface area contributed by atoms with E-state index in [9.17, 15) is 14.4 Å². The number of aromatic carboxylic acids is 1. The van der Waals surface area contributed by atoms with E-state index in [1.807, 2.05) is 0 Å². The van der Waals surface area contributed by atoms with Gasteiger partial charge in [-0.25, -0.2) is 4.79 Å². The summed E-state index contributed by atoms with van der Waals surface area (Å²) in [7, 11) is 0. The summed E-state index contributed by atoms with van der Waals surface area (Å²) in [5, 5.41) is 17.6. The second-order valence-electron chi connectivity index (χ2n) is 3.73. The maximum Gasteiger partial charge on any atom is 0.335 e. The van der Waals surface area contributed by atoms with Gasteiger partial charge in [0.1, 0.15) is 0 Å². The van der Waals surface area contributed by atoms with Crippen molar-refractivity contribution < 1.29 is 24.6 Å². The number of rotatable bonds is 5. The van der Waals surface area contributed by atoms with E-state index in [2.05, 4.69) is 15.9 Å². The zero-order chi connectivity index (χ0) is 13.9. The number of carbonyl (C=O) groups is 3. The third kappa shape index (κ3) is 3.40. The zero-order valence-electron chi connectivity index (χ0n) is 9.51. The Morgan fingerprint density at radius 2 is 1.89 bits per heavy atom. The predicted molar refractivity (Wildman–Crippen MR) is 67.5 cm³/mol. The maximum atomic E-state index is 11.8. The molecule has 0 saturated heterocycles. The monoisotopic (exact) mass is 314 g/mol. The van der Waals surface area contributed by atoms with E-state index < -0.39 is 16.8 Å². The van der Waals surface area contributed by atoms with Gasteiger partial charge in [0, 0.05) is 5.56 Å². The molecule has 1 atom stereocenters. The largest absolute Gasteiger partial charge is 0.481 e. The SMILES string of the molecule is CC(Br)C(=O)c1ccc(C(=O)O)cc1CC(=O)O. The van der Waals surface area contributed by atoms with E-state index in [-0.39, 0.29) is 28.9 Å². The quantitative estimate of drug-likeness (QED) is 0.640. The van der Waals surface area contributed by atoms with Crippen molar-refractivity contribution in [1.82, 2.24) is 0 Å². The lowest BCUT2D eigenvalue weighted by atomic mass is 9.97. The van der Waals surface area contributed by atoms with Crippen LogP contribution in [0.5, 0.6) is 0 Å². The van der Waals surface area contributed by atoms with Crippen LogP contribution in [0.3, 0.4) is 0 Å². The number of aliphatic carboxylic acids is 1. The molecule has 0 aliphatic carbocycles. The Kier molecular flexibility index (Phi) is 4.61. The first-order chi connectivity index (χ1) is 8.32. The molecule has 0 aromatic heterocycles. The number of carboxylic acid groups (broad SMARTS) is 2. The van der Waals surface area contributed by atoms with Gasteiger partial charge in [-0.3, -0.25) is 9.59 Å². The van der Waals surface area contributed by atoms with Gasteiger partial charge < -0.3 is 10.2 Å². The van der Waals surface area contributed by atoms with Gasteiger partial charge in [-0.1, -0.05) is 22.0 Å². The predicted octanol–water partition coefficient (Wildman–Crippen LogP) is 1.98. The Morgan fingerprint density at radius 1 is 1.28 bits per heavy atom. The summed E-state index contributed by atoms with van der Waals surface area (Å²) < 4.78 is 0.